The minimum atomic E-state index is -0.246. The molecule has 154 valence electrons. The second-order valence-electron chi connectivity index (χ2n) is 8.23. The molecule has 6 heteroatoms. The Morgan fingerprint density at radius 2 is 1.93 bits per heavy atom. The largest absolute Gasteiger partial charge is 0.341 e. The van der Waals surface area contributed by atoms with E-state index < -0.39 is 0 Å². The maximum Gasteiger partial charge on any atom is 0.125 e. The van der Waals surface area contributed by atoms with E-state index in [4.69, 9.17) is 0 Å². The van der Waals surface area contributed by atoms with Gasteiger partial charge in [0, 0.05) is 19.6 Å². The Labute approximate surface area is 170 Å². The molecule has 1 aliphatic heterocycles. The number of rotatable bonds is 7. The van der Waals surface area contributed by atoms with Crippen molar-refractivity contribution in [1.29, 1.82) is 0 Å². The molecule has 2 aromatic carbocycles. The van der Waals surface area contributed by atoms with Crippen LogP contribution in [0.15, 0.2) is 42.5 Å². The molecule has 1 saturated heterocycles. The summed E-state index contributed by atoms with van der Waals surface area (Å²) in [6.45, 7) is 4.98. The second-order valence-corrected chi connectivity index (χ2v) is 8.23. The van der Waals surface area contributed by atoms with Crippen LogP contribution >= 0.6 is 0 Å². The number of hydrogen-bond donors (Lipinski definition) is 1. The van der Waals surface area contributed by atoms with Crippen LogP contribution in [0.1, 0.15) is 24.2 Å². The number of aromatic nitrogens is 2. The summed E-state index contributed by atoms with van der Waals surface area (Å²) < 4.78 is 26.4. The van der Waals surface area contributed by atoms with Gasteiger partial charge in [-0.05, 0) is 74.7 Å². The molecule has 0 aliphatic carbocycles. The zero-order chi connectivity index (χ0) is 20.2. The Morgan fingerprint density at radius 3 is 2.76 bits per heavy atom. The summed E-state index contributed by atoms with van der Waals surface area (Å²) in [4.78, 5) is 12.6. The molecule has 4 nitrogen and oxygen atoms in total. The van der Waals surface area contributed by atoms with Crippen LogP contribution in [0.5, 0.6) is 0 Å². The number of piperidine rings is 1. The number of hydrogen-bond acceptors (Lipinski definition) is 3. The monoisotopic (exact) mass is 398 g/mol. The fraction of sp³-hybridized carbons (Fsp3) is 0.435. The number of imidazole rings is 1. The first kappa shape index (κ1) is 20.0. The van der Waals surface area contributed by atoms with Crippen LogP contribution in [-0.2, 0) is 13.0 Å². The van der Waals surface area contributed by atoms with Gasteiger partial charge in [0.05, 0.1) is 17.6 Å². The third-order valence-electron chi connectivity index (χ3n) is 5.72. The number of nitrogens with zero attached hydrogens (tertiary/aromatic N) is 3. The quantitative estimate of drug-likeness (QED) is 0.647. The molecule has 1 aliphatic rings. The van der Waals surface area contributed by atoms with Gasteiger partial charge in [0.1, 0.15) is 17.5 Å². The highest BCUT2D eigenvalue weighted by Gasteiger charge is 2.21. The SMILES string of the molecule is CN(Cc1nc2ccc(F)cc2[nH]1)C[C@H]1CCCN(CCc2ccc(F)cc2)C1. The van der Waals surface area contributed by atoms with Gasteiger partial charge < -0.3 is 9.88 Å². The topological polar surface area (TPSA) is 35.2 Å². The summed E-state index contributed by atoms with van der Waals surface area (Å²) in [6, 6.07) is 11.5. The van der Waals surface area contributed by atoms with Crippen LogP contribution in [0, 0.1) is 17.6 Å². The molecule has 0 bridgehead atoms. The Morgan fingerprint density at radius 1 is 1.14 bits per heavy atom. The van der Waals surface area contributed by atoms with Crippen molar-refractivity contribution in [2.75, 3.05) is 33.2 Å². The average molecular weight is 399 g/mol. The number of fused-ring (bicyclic) bond motifs is 1. The lowest BCUT2D eigenvalue weighted by molar-refractivity contribution is 0.141. The Balaban J connectivity index is 1.27. The van der Waals surface area contributed by atoms with Gasteiger partial charge in [-0.1, -0.05) is 12.1 Å². The number of nitrogens with one attached hydrogen (secondary N) is 1. The minimum Gasteiger partial charge on any atom is -0.341 e. The first-order chi connectivity index (χ1) is 14.0. The molecule has 0 amide bonds. The predicted molar refractivity (Wildman–Crippen MR) is 112 cm³/mol. The lowest BCUT2D eigenvalue weighted by atomic mass is 9.97. The number of aromatic amines is 1. The average Bonchev–Trinajstić information content (AvgIpc) is 3.09. The van der Waals surface area contributed by atoms with Crippen molar-refractivity contribution in [2.45, 2.75) is 25.8 Å². The van der Waals surface area contributed by atoms with Crippen molar-refractivity contribution in [3.05, 3.63) is 65.5 Å². The lowest BCUT2D eigenvalue weighted by Gasteiger charge is -2.34. The van der Waals surface area contributed by atoms with Gasteiger partial charge in [-0.15, -0.1) is 0 Å². The molecule has 0 saturated carbocycles. The van der Waals surface area contributed by atoms with Crippen molar-refractivity contribution in [1.82, 2.24) is 19.8 Å². The number of halogens is 2. The molecular weight excluding hydrogens is 370 g/mol. The fourth-order valence-electron chi connectivity index (χ4n) is 4.31. The highest BCUT2D eigenvalue weighted by molar-refractivity contribution is 5.74. The van der Waals surface area contributed by atoms with Gasteiger partial charge in [0.15, 0.2) is 0 Å². The van der Waals surface area contributed by atoms with Crippen LogP contribution < -0.4 is 0 Å². The number of benzene rings is 2. The third kappa shape index (κ3) is 5.40. The van der Waals surface area contributed by atoms with E-state index in [2.05, 4.69) is 26.8 Å². The van der Waals surface area contributed by atoms with Crippen LogP contribution in [0.25, 0.3) is 11.0 Å². The maximum atomic E-state index is 13.4. The van der Waals surface area contributed by atoms with Crippen molar-refractivity contribution in [2.24, 2.45) is 5.92 Å². The van der Waals surface area contributed by atoms with Crippen LogP contribution in [0.2, 0.25) is 0 Å². The third-order valence-corrected chi connectivity index (χ3v) is 5.72. The van der Waals surface area contributed by atoms with Gasteiger partial charge >= 0.3 is 0 Å². The van der Waals surface area contributed by atoms with Gasteiger partial charge in [0.2, 0.25) is 0 Å². The molecule has 1 aromatic heterocycles. The van der Waals surface area contributed by atoms with E-state index in [0.29, 0.717) is 5.92 Å². The molecule has 0 spiro atoms. The van der Waals surface area contributed by atoms with Gasteiger partial charge in [-0.2, -0.15) is 0 Å². The van der Waals surface area contributed by atoms with Crippen LogP contribution in [-0.4, -0.2) is 53.0 Å². The van der Waals surface area contributed by atoms with Crippen LogP contribution in [0.3, 0.4) is 0 Å². The molecule has 0 radical (unpaired) electrons. The molecule has 29 heavy (non-hydrogen) atoms. The first-order valence-electron chi connectivity index (χ1n) is 10.3. The Kier molecular flexibility index (Phi) is 6.21. The molecule has 3 aromatic rings. The van der Waals surface area contributed by atoms with Gasteiger partial charge in [0.25, 0.3) is 0 Å². The number of likely N-dealkylation sites (tertiary alicyclic amines) is 1. The maximum absolute atomic E-state index is 13.4. The van der Waals surface area contributed by atoms with E-state index in [1.54, 1.807) is 6.07 Å². The highest BCUT2D eigenvalue weighted by atomic mass is 19.1. The molecule has 1 atom stereocenters. The zero-order valence-corrected chi connectivity index (χ0v) is 16.9. The summed E-state index contributed by atoms with van der Waals surface area (Å²) in [6.07, 6.45) is 3.41. The van der Waals surface area contributed by atoms with Gasteiger partial charge in [-0.25, -0.2) is 13.8 Å². The fourth-order valence-corrected chi connectivity index (χ4v) is 4.31. The normalized spacial score (nSPS) is 18.0. The standard InChI is InChI=1S/C23H28F2N4/c1-28(16-23-26-21-9-8-20(25)13-22(21)27-23)14-18-3-2-11-29(15-18)12-10-17-4-6-19(24)7-5-17/h4-9,13,18H,2-3,10-12,14-16H2,1H3,(H,26,27)/t18-/m1/s1. The molecular formula is C23H28F2N4. The molecule has 4 rings (SSSR count). The van der Waals surface area contributed by atoms with E-state index in [1.165, 1.54) is 42.7 Å². The summed E-state index contributed by atoms with van der Waals surface area (Å²) in [7, 11) is 2.12. The van der Waals surface area contributed by atoms with Crippen LogP contribution in [0.4, 0.5) is 8.78 Å². The predicted octanol–water partition coefficient (Wildman–Crippen LogP) is 4.23. The number of H-pyrrole nitrogens is 1. The Hall–Kier alpha value is -2.31. The second kappa shape index (κ2) is 9.01. The van der Waals surface area contributed by atoms with E-state index in [-0.39, 0.29) is 11.6 Å². The minimum absolute atomic E-state index is 0.176. The molecule has 0 unspecified atom stereocenters. The van der Waals surface area contributed by atoms with Crippen molar-refractivity contribution >= 4 is 11.0 Å². The van der Waals surface area contributed by atoms with Crippen molar-refractivity contribution in [3.8, 4) is 0 Å². The first-order valence-corrected chi connectivity index (χ1v) is 10.3. The van der Waals surface area contributed by atoms with E-state index in [1.807, 2.05) is 12.1 Å². The summed E-state index contributed by atoms with van der Waals surface area (Å²) in [5, 5.41) is 0. The van der Waals surface area contributed by atoms with Crippen molar-refractivity contribution in [3.63, 3.8) is 0 Å². The molecule has 1 N–H and O–H groups in total. The summed E-state index contributed by atoms with van der Waals surface area (Å²) in [5.41, 5.74) is 2.74. The van der Waals surface area contributed by atoms with E-state index >= 15 is 0 Å². The highest BCUT2D eigenvalue weighted by Crippen LogP contribution is 2.19. The smallest absolute Gasteiger partial charge is 0.125 e. The Bertz CT molecular complexity index is 938. The van der Waals surface area contributed by atoms with E-state index in [0.717, 1.165) is 56.0 Å². The molecule has 1 fully saturated rings. The zero-order valence-electron chi connectivity index (χ0n) is 16.9. The van der Waals surface area contributed by atoms with Crippen molar-refractivity contribution < 1.29 is 8.78 Å². The summed E-state index contributed by atoms with van der Waals surface area (Å²) in [5.74, 6) is 1.08. The lowest BCUT2D eigenvalue weighted by Crippen LogP contribution is -2.40. The van der Waals surface area contributed by atoms with E-state index in [9.17, 15) is 8.78 Å². The molecule has 2 heterocycles. The van der Waals surface area contributed by atoms with Gasteiger partial charge in [-0.3, -0.25) is 4.90 Å². The summed E-state index contributed by atoms with van der Waals surface area (Å²) >= 11 is 0.